The molecule has 2 N–H and O–H groups in total. The highest BCUT2D eigenvalue weighted by molar-refractivity contribution is 5.79. The third-order valence-electron chi connectivity index (χ3n) is 4.71. The molecule has 7 heteroatoms. The molecule has 2 aliphatic rings. The fraction of sp³-hybridized carbons (Fsp3) is 0.429. The number of hydrogen-bond donors (Lipinski definition) is 2. The van der Waals surface area contributed by atoms with Crippen molar-refractivity contribution in [2.45, 2.75) is 25.5 Å². The smallest absolute Gasteiger partial charge is 0.213 e. The van der Waals surface area contributed by atoms with E-state index in [0.29, 0.717) is 37.5 Å². The number of para-hydroxylation sites is 2. The van der Waals surface area contributed by atoms with Gasteiger partial charge in [0.25, 0.3) is 0 Å². The first-order chi connectivity index (χ1) is 13.8. The van der Waals surface area contributed by atoms with Gasteiger partial charge in [0.05, 0.1) is 13.2 Å². The SMILES string of the molecule is CN=C(NCc1ccnc(OCC2CC2)c1)NCC1COc2ccccc2O1. The molecule has 148 valence electrons. The number of guanidine groups is 1. The van der Waals surface area contributed by atoms with E-state index in [9.17, 15) is 0 Å². The van der Waals surface area contributed by atoms with Crippen LogP contribution in [0.3, 0.4) is 0 Å². The summed E-state index contributed by atoms with van der Waals surface area (Å²) >= 11 is 0. The van der Waals surface area contributed by atoms with Gasteiger partial charge in [0.1, 0.15) is 12.7 Å². The number of hydrogen-bond acceptors (Lipinski definition) is 5. The van der Waals surface area contributed by atoms with E-state index in [0.717, 1.165) is 23.7 Å². The summed E-state index contributed by atoms with van der Waals surface area (Å²) in [5, 5.41) is 6.60. The Balaban J connectivity index is 1.23. The van der Waals surface area contributed by atoms with Gasteiger partial charge in [-0.25, -0.2) is 4.98 Å². The maximum absolute atomic E-state index is 5.96. The van der Waals surface area contributed by atoms with Gasteiger partial charge in [0.2, 0.25) is 5.88 Å². The fourth-order valence-corrected chi connectivity index (χ4v) is 2.91. The van der Waals surface area contributed by atoms with Gasteiger partial charge in [-0.05, 0) is 42.5 Å². The second-order valence-corrected chi connectivity index (χ2v) is 7.06. The highest BCUT2D eigenvalue weighted by Gasteiger charge is 2.22. The molecule has 1 fully saturated rings. The van der Waals surface area contributed by atoms with Gasteiger partial charge in [0.15, 0.2) is 17.5 Å². The van der Waals surface area contributed by atoms with Crippen molar-refractivity contribution in [2.24, 2.45) is 10.9 Å². The number of nitrogens with one attached hydrogen (secondary N) is 2. The van der Waals surface area contributed by atoms with E-state index in [1.807, 2.05) is 36.4 Å². The van der Waals surface area contributed by atoms with Crippen molar-refractivity contribution in [3.63, 3.8) is 0 Å². The van der Waals surface area contributed by atoms with Gasteiger partial charge in [-0.15, -0.1) is 0 Å². The second kappa shape index (κ2) is 8.82. The van der Waals surface area contributed by atoms with Crippen LogP contribution >= 0.6 is 0 Å². The summed E-state index contributed by atoms with van der Waals surface area (Å²) < 4.78 is 17.4. The number of rotatable bonds is 7. The molecule has 1 aromatic carbocycles. The highest BCUT2D eigenvalue weighted by atomic mass is 16.6. The Morgan fingerprint density at radius 2 is 2.07 bits per heavy atom. The van der Waals surface area contributed by atoms with Crippen LogP contribution in [0.4, 0.5) is 0 Å². The normalized spacial score (nSPS) is 18.5. The van der Waals surface area contributed by atoms with E-state index in [1.54, 1.807) is 13.2 Å². The van der Waals surface area contributed by atoms with Crippen LogP contribution in [0.5, 0.6) is 17.4 Å². The molecule has 1 aliphatic heterocycles. The molecule has 1 saturated carbocycles. The Hall–Kier alpha value is -2.96. The number of aromatic nitrogens is 1. The average molecular weight is 382 g/mol. The minimum Gasteiger partial charge on any atom is -0.486 e. The van der Waals surface area contributed by atoms with Crippen LogP contribution in [-0.2, 0) is 6.54 Å². The minimum atomic E-state index is -0.0724. The maximum Gasteiger partial charge on any atom is 0.213 e. The van der Waals surface area contributed by atoms with E-state index in [4.69, 9.17) is 14.2 Å². The molecule has 0 saturated heterocycles. The molecule has 1 atom stereocenters. The molecule has 2 aromatic rings. The summed E-state index contributed by atoms with van der Waals surface area (Å²) in [4.78, 5) is 8.55. The quantitative estimate of drug-likeness (QED) is 0.566. The van der Waals surface area contributed by atoms with Crippen LogP contribution in [-0.4, -0.2) is 43.9 Å². The van der Waals surface area contributed by atoms with E-state index in [2.05, 4.69) is 20.6 Å². The molecule has 0 spiro atoms. The predicted octanol–water partition coefficient (Wildman–Crippen LogP) is 2.38. The third kappa shape index (κ3) is 5.06. The molecule has 4 rings (SSSR count). The van der Waals surface area contributed by atoms with Crippen molar-refractivity contribution in [2.75, 3.05) is 26.8 Å². The summed E-state index contributed by atoms with van der Waals surface area (Å²) in [6, 6.07) is 11.7. The first kappa shape index (κ1) is 18.4. The molecule has 1 aromatic heterocycles. The molecule has 28 heavy (non-hydrogen) atoms. The van der Waals surface area contributed by atoms with Crippen LogP contribution < -0.4 is 24.8 Å². The van der Waals surface area contributed by atoms with Gasteiger partial charge in [-0.3, -0.25) is 4.99 Å². The number of pyridine rings is 1. The minimum absolute atomic E-state index is 0.0724. The lowest BCUT2D eigenvalue weighted by Crippen LogP contribution is -2.45. The van der Waals surface area contributed by atoms with Crippen LogP contribution in [0.1, 0.15) is 18.4 Å². The Labute approximate surface area is 165 Å². The maximum atomic E-state index is 5.96. The first-order valence-corrected chi connectivity index (χ1v) is 9.71. The zero-order valence-corrected chi connectivity index (χ0v) is 16.1. The Morgan fingerprint density at radius 3 is 2.89 bits per heavy atom. The molecular weight excluding hydrogens is 356 g/mol. The zero-order chi connectivity index (χ0) is 19.2. The van der Waals surface area contributed by atoms with Crippen LogP contribution in [0, 0.1) is 5.92 Å². The van der Waals surface area contributed by atoms with Crippen molar-refractivity contribution < 1.29 is 14.2 Å². The first-order valence-electron chi connectivity index (χ1n) is 9.71. The molecule has 0 bridgehead atoms. The van der Waals surface area contributed by atoms with Crippen molar-refractivity contribution in [3.05, 3.63) is 48.2 Å². The topological polar surface area (TPSA) is 77.0 Å². The van der Waals surface area contributed by atoms with Gasteiger partial charge in [0, 0.05) is 25.9 Å². The van der Waals surface area contributed by atoms with Crippen LogP contribution in [0.25, 0.3) is 0 Å². The summed E-state index contributed by atoms with van der Waals surface area (Å²) in [5.41, 5.74) is 1.09. The van der Waals surface area contributed by atoms with E-state index in [-0.39, 0.29) is 6.10 Å². The van der Waals surface area contributed by atoms with Gasteiger partial charge >= 0.3 is 0 Å². The van der Waals surface area contributed by atoms with Crippen molar-refractivity contribution in [1.82, 2.24) is 15.6 Å². The standard InChI is InChI=1S/C21H26N4O3/c1-22-21(25-12-17-14-26-18-4-2-3-5-19(18)28-17)24-11-16-8-9-23-20(10-16)27-13-15-6-7-15/h2-5,8-10,15,17H,6-7,11-14H2,1H3,(H2,22,24,25). The third-order valence-corrected chi connectivity index (χ3v) is 4.71. The Bertz CT molecular complexity index is 823. The van der Waals surface area contributed by atoms with Crippen molar-refractivity contribution >= 4 is 5.96 Å². The van der Waals surface area contributed by atoms with E-state index >= 15 is 0 Å². The van der Waals surface area contributed by atoms with Crippen molar-refractivity contribution in [3.8, 4) is 17.4 Å². The molecule has 0 radical (unpaired) electrons. The lowest BCUT2D eigenvalue weighted by molar-refractivity contribution is 0.0936. The summed E-state index contributed by atoms with van der Waals surface area (Å²) in [6.07, 6.45) is 4.24. The fourth-order valence-electron chi connectivity index (χ4n) is 2.91. The number of fused-ring (bicyclic) bond motifs is 1. The average Bonchev–Trinajstić information content (AvgIpc) is 3.57. The molecule has 7 nitrogen and oxygen atoms in total. The molecule has 1 unspecified atom stereocenters. The second-order valence-electron chi connectivity index (χ2n) is 7.06. The largest absolute Gasteiger partial charge is 0.486 e. The van der Waals surface area contributed by atoms with Gasteiger partial charge in [-0.1, -0.05) is 12.1 Å². The lowest BCUT2D eigenvalue weighted by atomic mass is 10.2. The number of ether oxygens (including phenoxy) is 3. The molecule has 2 heterocycles. The van der Waals surface area contributed by atoms with Crippen LogP contribution in [0.15, 0.2) is 47.6 Å². The van der Waals surface area contributed by atoms with E-state index < -0.39 is 0 Å². The van der Waals surface area contributed by atoms with E-state index in [1.165, 1.54) is 12.8 Å². The van der Waals surface area contributed by atoms with Crippen LogP contribution in [0.2, 0.25) is 0 Å². The number of nitrogens with zero attached hydrogens (tertiary/aromatic N) is 2. The molecule has 1 aliphatic carbocycles. The Kier molecular flexibility index (Phi) is 5.80. The summed E-state index contributed by atoms with van der Waals surface area (Å²) in [7, 11) is 1.75. The van der Waals surface area contributed by atoms with Gasteiger partial charge < -0.3 is 24.8 Å². The van der Waals surface area contributed by atoms with Crippen molar-refractivity contribution in [1.29, 1.82) is 0 Å². The molecular formula is C21H26N4O3. The molecule has 0 amide bonds. The highest BCUT2D eigenvalue weighted by Crippen LogP contribution is 2.30. The monoisotopic (exact) mass is 382 g/mol. The van der Waals surface area contributed by atoms with Gasteiger partial charge in [-0.2, -0.15) is 0 Å². The lowest BCUT2D eigenvalue weighted by Gasteiger charge is -2.27. The predicted molar refractivity (Wildman–Crippen MR) is 107 cm³/mol. The Morgan fingerprint density at radius 1 is 1.21 bits per heavy atom. The summed E-state index contributed by atoms with van der Waals surface area (Å²) in [6.45, 7) is 2.50. The summed E-state index contributed by atoms with van der Waals surface area (Å²) in [5.74, 6) is 3.67. The zero-order valence-electron chi connectivity index (χ0n) is 16.1. The number of aliphatic imine (C=N–C) groups is 1. The number of benzene rings is 1.